The zero-order chi connectivity index (χ0) is 16.7. The van der Waals surface area contributed by atoms with Gasteiger partial charge in [-0.15, -0.1) is 5.10 Å². The third-order valence-corrected chi connectivity index (χ3v) is 3.34. The third kappa shape index (κ3) is 5.03. The molecule has 1 aromatic carbocycles. The Morgan fingerprint density at radius 1 is 1.35 bits per heavy atom. The highest BCUT2D eigenvalue weighted by molar-refractivity contribution is 5.91. The van der Waals surface area contributed by atoms with E-state index in [9.17, 15) is 4.79 Å². The van der Waals surface area contributed by atoms with Gasteiger partial charge in [0.25, 0.3) is 5.91 Å². The molecule has 2 aromatic rings. The number of amides is 1. The van der Waals surface area contributed by atoms with Crippen LogP contribution in [0, 0.1) is 0 Å². The molecule has 1 amide bonds. The zero-order valence-electron chi connectivity index (χ0n) is 13.7. The van der Waals surface area contributed by atoms with Crippen LogP contribution >= 0.6 is 0 Å². The van der Waals surface area contributed by atoms with Crippen molar-refractivity contribution in [3.05, 3.63) is 30.1 Å². The average Bonchev–Trinajstić information content (AvgIpc) is 2.95. The molecule has 2 rings (SSSR count). The first kappa shape index (κ1) is 16.9. The number of quaternary nitrogens is 1. The second-order valence-corrected chi connectivity index (χ2v) is 5.41. The van der Waals surface area contributed by atoms with E-state index in [2.05, 4.69) is 27.8 Å². The number of nitrogens with one attached hydrogen (secondary N) is 2. The van der Waals surface area contributed by atoms with Crippen LogP contribution in [0.2, 0.25) is 0 Å². The van der Waals surface area contributed by atoms with E-state index in [4.69, 9.17) is 4.74 Å². The highest BCUT2D eigenvalue weighted by atomic mass is 16.5. The molecule has 0 saturated carbocycles. The summed E-state index contributed by atoms with van der Waals surface area (Å²) in [7, 11) is 3.55. The Morgan fingerprint density at radius 2 is 2.09 bits per heavy atom. The largest absolute Gasteiger partial charge is 0.497 e. The van der Waals surface area contributed by atoms with Gasteiger partial charge in [-0.25, -0.2) is 4.68 Å². The summed E-state index contributed by atoms with van der Waals surface area (Å²) >= 11 is 0. The molecular weight excluding hydrogens is 296 g/mol. The van der Waals surface area contributed by atoms with Gasteiger partial charge >= 0.3 is 0 Å². The normalized spacial score (nSPS) is 12.0. The first-order valence-corrected chi connectivity index (χ1v) is 7.62. The minimum absolute atomic E-state index is 0.0535. The van der Waals surface area contributed by atoms with Crippen LogP contribution < -0.4 is 15.0 Å². The van der Waals surface area contributed by atoms with Crippen molar-refractivity contribution in [2.75, 3.05) is 26.0 Å². The topological polar surface area (TPSA) is 86.4 Å². The molecule has 0 spiro atoms. The Labute approximate surface area is 135 Å². The van der Waals surface area contributed by atoms with Crippen LogP contribution in [-0.4, -0.2) is 46.8 Å². The minimum atomic E-state index is -0.0535. The number of hydrogen-bond acceptors (Lipinski definition) is 5. The van der Waals surface area contributed by atoms with E-state index in [0.717, 1.165) is 35.1 Å². The summed E-state index contributed by atoms with van der Waals surface area (Å²) in [4.78, 5) is 13.1. The van der Waals surface area contributed by atoms with Crippen LogP contribution in [0.25, 0.3) is 0 Å². The number of aromatic nitrogens is 4. The number of ether oxygens (including phenoxy) is 1. The van der Waals surface area contributed by atoms with Gasteiger partial charge in [-0.3, -0.25) is 4.79 Å². The van der Waals surface area contributed by atoms with Gasteiger partial charge in [-0.1, -0.05) is 6.92 Å². The summed E-state index contributed by atoms with van der Waals surface area (Å²) < 4.78 is 6.87. The highest BCUT2D eigenvalue weighted by Gasteiger charge is 2.15. The second kappa shape index (κ2) is 8.23. The summed E-state index contributed by atoms with van der Waals surface area (Å²) in [5.41, 5.74) is 0.749. The molecule has 1 unspecified atom stereocenters. The molecule has 0 aliphatic heterocycles. The summed E-state index contributed by atoms with van der Waals surface area (Å²) in [6, 6.07) is 7.25. The predicted molar refractivity (Wildman–Crippen MR) is 85.2 cm³/mol. The van der Waals surface area contributed by atoms with Crippen molar-refractivity contribution < 1.29 is 14.4 Å². The van der Waals surface area contributed by atoms with Crippen molar-refractivity contribution in [3.8, 4) is 5.75 Å². The van der Waals surface area contributed by atoms with Crippen molar-refractivity contribution in [1.29, 1.82) is 0 Å². The number of carbonyl (C=O) groups is 1. The van der Waals surface area contributed by atoms with Gasteiger partial charge in [0.05, 0.1) is 14.2 Å². The van der Waals surface area contributed by atoms with E-state index in [0.29, 0.717) is 13.1 Å². The molecule has 0 aliphatic carbocycles. The fraction of sp³-hybridized carbons (Fsp3) is 0.467. The number of benzene rings is 1. The smallest absolute Gasteiger partial charge is 0.279 e. The van der Waals surface area contributed by atoms with Crippen LogP contribution in [0.3, 0.4) is 0 Å². The molecule has 1 aromatic heterocycles. The Hall–Kier alpha value is -2.48. The van der Waals surface area contributed by atoms with Gasteiger partial charge in [-0.05, 0) is 41.1 Å². The second-order valence-electron chi connectivity index (χ2n) is 5.41. The number of aryl methyl sites for hydroxylation is 1. The van der Waals surface area contributed by atoms with Crippen LogP contribution in [0.4, 0.5) is 5.69 Å². The Morgan fingerprint density at radius 3 is 2.74 bits per heavy atom. The van der Waals surface area contributed by atoms with Gasteiger partial charge in [0.1, 0.15) is 12.3 Å². The SMILES string of the molecule is CCCn1nnnc1C[NH+](C)CC(=O)Nc1ccc(OC)cc1. The van der Waals surface area contributed by atoms with E-state index in [1.807, 2.05) is 31.3 Å². The van der Waals surface area contributed by atoms with Gasteiger partial charge in [-0.2, -0.15) is 0 Å². The number of methoxy groups -OCH3 is 1. The molecule has 124 valence electrons. The molecule has 0 aliphatic rings. The number of hydrogen-bond donors (Lipinski definition) is 2. The van der Waals surface area contributed by atoms with Crippen molar-refractivity contribution in [2.24, 2.45) is 0 Å². The molecular formula is C15H23N6O2+. The van der Waals surface area contributed by atoms with Crippen LogP contribution in [-0.2, 0) is 17.9 Å². The molecule has 1 heterocycles. The molecule has 0 saturated heterocycles. The number of likely N-dealkylation sites (N-methyl/N-ethyl adjacent to an activating group) is 1. The number of carbonyl (C=O) groups excluding carboxylic acids is 1. The maximum absolute atomic E-state index is 12.1. The number of nitrogens with zero attached hydrogens (tertiary/aromatic N) is 4. The summed E-state index contributed by atoms with van der Waals surface area (Å²) in [6.07, 6.45) is 0.967. The molecule has 23 heavy (non-hydrogen) atoms. The lowest BCUT2D eigenvalue weighted by molar-refractivity contribution is -0.886. The fourth-order valence-electron chi connectivity index (χ4n) is 2.22. The van der Waals surface area contributed by atoms with E-state index in [1.165, 1.54) is 0 Å². The van der Waals surface area contributed by atoms with Gasteiger partial charge in [0, 0.05) is 12.2 Å². The number of anilines is 1. The Bertz CT molecular complexity index is 625. The summed E-state index contributed by atoms with van der Waals surface area (Å²) in [5, 5.41) is 14.5. The predicted octanol–water partition coefficient (Wildman–Crippen LogP) is -0.255. The van der Waals surface area contributed by atoms with Crippen molar-refractivity contribution >= 4 is 11.6 Å². The first-order valence-electron chi connectivity index (χ1n) is 7.62. The van der Waals surface area contributed by atoms with E-state index in [1.54, 1.807) is 11.8 Å². The maximum Gasteiger partial charge on any atom is 0.279 e. The molecule has 0 bridgehead atoms. The Balaban J connectivity index is 1.85. The summed E-state index contributed by atoms with van der Waals surface area (Å²) in [5.74, 6) is 1.50. The minimum Gasteiger partial charge on any atom is -0.497 e. The van der Waals surface area contributed by atoms with Crippen LogP contribution in [0.5, 0.6) is 5.75 Å². The van der Waals surface area contributed by atoms with Crippen molar-refractivity contribution in [1.82, 2.24) is 20.2 Å². The fourth-order valence-corrected chi connectivity index (χ4v) is 2.22. The van der Waals surface area contributed by atoms with E-state index >= 15 is 0 Å². The van der Waals surface area contributed by atoms with Crippen molar-refractivity contribution in [3.63, 3.8) is 0 Å². The number of rotatable bonds is 8. The highest BCUT2D eigenvalue weighted by Crippen LogP contribution is 2.14. The standard InChI is InChI=1S/C15H22N6O2/c1-4-9-21-14(17-18-19-21)10-20(2)11-15(22)16-12-5-7-13(23-3)8-6-12/h5-8H,4,9-11H2,1-3H3,(H,16,22)/p+1. The maximum atomic E-state index is 12.1. The molecule has 1 atom stereocenters. The zero-order valence-corrected chi connectivity index (χ0v) is 13.7. The quantitative estimate of drug-likeness (QED) is 0.700. The van der Waals surface area contributed by atoms with Gasteiger partial charge in [0.2, 0.25) is 5.82 Å². The molecule has 8 nitrogen and oxygen atoms in total. The van der Waals surface area contributed by atoms with E-state index < -0.39 is 0 Å². The first-order chi connectivity index (χ1) is 11.1. The molecule has 0 fully saturated rings. The van der Waals surface area contributed by atoms with Crippen LogP contribution in [0.15, 0.2) is 24.3 Å². The average molecular weight is 319 g/mol. The van der Waals surface area contributed by atoms with E-state index in [-0.39, 0.29) is 5.91 Å². The summed E-state index contributed by atoms with van der Waals surface area (Å²) in [6.45, 7) is 3.80. The van der Waals surface area contributed by atoms with Gasteiger partial charge in [0.15, 0.2) is 6.54 Å². The third-order valence-electron chi connectivity index (χ3n) is 3.34. The van der Waals surface area contributed by atoms with Crippen molar-refractivity contribution in [2.45, 2.75) is 26.4 Å². The monoisotopic (exact) mass is 319 g/mol. The molecule has 0 radical (unpaired) electrons. The lowest BCUT2D eigenvalue weighted by Crippen LogP contribution is -3.08. The van der Waals surface area contributed by atoms with Crippen LogP contribution in [0.1, 0.15) is 19.2 Å². The Kier molecular flexibility index (Phi) is 6.04. The number of tetrazole rings is 1. The molecule has 8 heteroatoms. The molecule has 2 N–H and O–H groups in total. The van der Waals surface area contributed by atoms with Gasteiger partial charge < -0.3 is 15.0 Å². The lowest BCUT2D eigenvalue weighted by atomic mass is 10.3. The lowest BCUT2D eigenvalue weighted by Gasteiger charge is -2.13.